The van der Waals surface area contributed by atoms with Crippen molar-refractivity contribution in [1.29, 1.82) is 0 Å². The molecule has 16 heavy (non-hydrogen) atoms. The first-order valence-electron chi connectivity index (χ1n) is 6.43. The van der Waals surface area contributed by atoms with Gasteiger partial charge in [-0.3, -0.25) is 9.59 Å². The van der Waals surface area contributed by atoms with E-state index in [1.54, 1.807) is 0 Å². The third-order valence-corrected chi connectivity index (χ3v) is 3.08. The Morgan fingerprint density at radius 1 is 1.12 bits per heavy atom. The molecule has 0 aromatic rings. The van der Waals surface area contributed by atoms with Gasteiger partial charge >= 0.3 is 5.97 Å². The van der Waals surface area contributed by atoms with Crippen LogP contribution >= 0.6 is 0 Å². The van der Waals surface area contributed by atoms with Gasteiger partial charge in [-0.05, 0) is 32.1 Å². The first-order chi connectivity index (χ1) is 7.72. The molecule has 1 fully saturated rings. The summed E-state index contributed by atoms with van der Waals surface area (Å²) in [5.74, 6) is 0.0984. The quantitative estimate of drug-likeness (QED) is 0.654. The Labute approximate surface area is 97.5 Å². The van der Waals surface area contributed by atoms with Crippen molar-refractivity contribution < 1.29 is 14.3 Å². The van der Waals surface area contributed by atoms with E-state index >= 15 is 0 Å². The lowest BCUT2D eigenvalue weighted by molar-refractivity contribution is -0.150. The lowest BCUT2D eigenvalue weighted by Crippen LogP contribution is -2.20. The Hall–Kier alpha value is -0.860. The molecule has 92 valence electrons. The summed E-state index contributed by atoms with van der Waals surface area (Å²) in [6.45, 7) is 1.85. The van der Waals surface area contributed by atoms with Gasteiger partial charge in [0.1, 0.15) is 11.9 Å². The number of esters is 1. The van der Waals surface area contributed by atoms with Crippen LogP contribution in [0, 0.1) is 0 Å². The Balaban J connectivity index is 2.08. The lowest BCUT2D eigenvalue weighted by atomic mass is 9.98. The van der Waals surface area contributed by atoms with Crippen molar-refractivity contribution >= 4 is 11.8 Å². The minimum absolute atomic E-state index is 0.129. The van der Waals surface area contributed by atoms with Gasteiger partial charge in [-0.15, -0.1) is 0 Å². The Kier molecular flexibility index (Phi) is 6.12. The largest absolute Gasteiger partial charge is 0.462 e. The molecule has 1 aliphatic rings. The highest BCUT2D eigenvalue weighted by Crippen LogP contribution is 2.20. The van der Waals surface area contributed by atoms with E-state index in [1.165, 1.54) is 19.3 Å². The summed E-state index contributed by atoms with van der Waals surface area (Å²) in [6, 6.07) is 0. The van der Waals surface area contributed by atoms with Gasteiger partial charge in [-0.25, -0.2) is 0 Å². The van der Waals surface area contributed by atoms with Gasteiger partial charge < -0.3 is 4.74 Å². The summed E-state index contributed by atoms with van der Waals surface area (Å²) < 4.78 is 5.36. The summed E-state index contributed by atoms with van der Waals surface area (Å²) in [5, 5.41) is 0. The average Bonchev–Trinajstić information content (AvgIpc) is 2.30. The molecule has 3 heteroatoms. The Bertz CT molecular complexity index is 229. The van der Waals surface area contributed by atoms with E-state index in [0.717, 1.165) is 12.8 Å². The maximum absolute atomic E-state index is 11.4. The molecular weight excluding hydrogens is 204 g/mol. The van der Waals surface area contributed by atoms with Crippen molar-refractivity contribution in [2.24, 2.45) is 0 Å². The topological polar surface area (TPSA) is 43.4 Å². The monoisotopic (exact) mass is 226 g/mol. The van der Waals surface area contributed by atoms with Crippen LogP contribution in [0.4, 0.5) is 0 Å². The fourth-order valence-electron chi connectivity index (χ4n) is 2.03. The highest BCUT2D eigenvalue weighted by atomic mass is 16.5. The van der Waals surface area contributed by atoms with E-state index in [-0.39, 0.29) is 17.9 Å². The summed E-state index contributed by atoms with van der Waals surface area (Å²) in [6.07, 6.45) is 7.88. The van der Waals surface area contributed by atoms with Crippen molar-refractivity contribution in [3.8, 4) is 0 Å². The van der Waals surface area contributed by atoms with Crippen molar-refractivity contribution in [3.63, 3.8) is 0 Å². The molecule has 0 unspecified atom stereocenters. The number of ketones is 1. The van der Waals surface area contributed by atoms with Crippen LogP contribution in [0.1, 0.15) is 64.7 Å². The van der Waals surface area contributed by atoms with Crippen LogP contribution in [0.3, 0.4) is 0 Å². The summed E-state index contributed by atoms with van der Waals surface area (Å²) >= 11 is 0. The van der Waals surface area contributed by atoms with E-state index in [2.05, 4.69) is 0 Å². The van der Waals surface area contributed by atoms with Crippen molar-refractivity contribution in [3.05, 3.63) is 0 Å². The first kappa shape index (κ1) is 13.2. The molecule has 3 nitrogen and oxygen atoms in total. The Morgan fingerprint density at radius 2 is 1.81 bits per heavy atom. The van der Waals surface area contributed by atoms with Crippen LogP contribution < -0.4 is 0 Å². The average molecular weight is 226 g/mol. The fourth-order valence-corrected chi connectivity index (χ4v) is 2.03. The van der Waals surface area contributed by atoms with E-state index in [1.807, 2.05) is 6.92 Å². The fraction of sp³-hybridized carbons (Fsp3) is 0.846. The predicted octanol–water partition coefficient (Wildman–Crippen LogP) is 3.01. The summed E-state index contributed by atoms with van der Waals surface area (Å²) in [4.78, 5) is 22.5. The molecule has 1 rings (SSSR count). The van der Waals surface area contributed by atoms with E-state index in [9.17, 15) is 9.59 Å². The summed E-state index contributed by atoms with van der Waals surface area (Å²) in [5.41, 5.74) is 0. The first-order valence-corrected chi connectivity index (χ1v) is 6.43. The van der Waals surface area contributed by atoms with E-state index in [0.29, 0.717) is 25.7 Å². The number of Topliss-reactive ketones (excluding diaryl/α,β-unsaturated/α-hetero) is 1. The molecule has 0 aromatic carbocycles. The summed E-state index contributed by atoms with van der Waals surface area (Å²) in [7, 11) is 0. The van der Waals surface area contributed by atoms with Gasteiger partial charge in [0.25, 0.3) is 0 Å². The van der Waals surface area contributed by atoms with Gasteiger partial charge in [0.05, 0.1) is 0 Å². The molecule has 0 atom stereocenters. The molecule has 0 heterocycles. The molecule has 0 saturated heterocycles. The van der Waals surface area contributed by atoms with Crippen LogP contribution in [0.15, 0.2) is 0 Å². The lowest BCUT2D eigenvalue weighted by Gasteiger charge is -2.21. The molecule has 0 amide bonds. The van der Waals surface area contributed by atoms with Gasteiger partial charge in [-0.2, -0.15) is 0 Å². The van der Waals surface area contributed by atoms with Crippen LogP contribution in [-0.2, 0) is 14.3 Å². The number of hydrogen-bond donors (Lipinski definition) is 0. The molecule has 0 radical (unpaired) electrons. The number of rotatable bonds is 6. The maximum Gasteiger partial charge on any atom is 0.306 e. The maximum atomic E-state index is 11.4. The number of carbonyl (C=O) groups is 2. The normalized spacial score (nSPS) is 17.1. The minimum atomic E-state index is -0.129. The second-order valence-corrected chi connectivity index (χ2v) is 4.50. The van der Waals surface area contributed by atoms with Gasteiger partial charge in [0.2, 0.25) is 0 Å². The van der Waals surface area contributed by atoms with Gasteiger partial charge in [-0.1, -0.05) is 13.3 Å². The standard InChI is InChI=1S/C13H22O3/c1-2-11(14)7-6-10-13(15)16-12-8-4-3-5-9-12/h12H,2-10H2,1H3. The Morgan fingerprint density at radius 3 is 2.44 bits per heavy atom. The third-order valence-electron chi connectivity index (χ3n) is 3.08. The SMILES string of the molecule is CCC(=O)CCCC(=O)OC1CCCCC1. The highest BCUT2D eigenvalue weighted by molar-refractivity contribution is 5.78. The van der Waals surface area contributed by atoms with Crippen molar-refractivity contribution in [1.82, 2.24) is 0 Å². The second kappa shape index (κ2) is 7.42. The van der Waals surface area contributed by atoms with Crippen molar-refractivity contribution in [2.45, 2.75) is 70.8 Å². The smallest absolute Gasteiger partial charge is 0.306 e. The van der Waals surface area contributed by atoms with Crippen LogP contribution in [0.2, 0.25) is 0 Å². The van der Waals surface area contributed by atoms with Gasteiger partial charge in [0, 0.05) is 19.3 Å². The minimum Gasteiger partial charge on any atom is -0.462 e. The molecular formula is C13H22O3. The second-order valence-electron chi connectivity index (χ2n) is 4.50. The van der Waals surface area contributed by atoms with E-state index < -0.39 is 0 Å². The molecule has 1 aliphatic carbocycles. The highest BCUT2D eigenvalue weighted by Gasteiger charge is 2.17. The number of carbonyl (C=O) groups excluding carboxylic acids is 2. The van der Waals surface area contributed by atoms with E-state index in [4.69, 9.17) is 4.74 Å². The van der Waals surface area contributed by atoms with Crippen LogP contribution in [0.5, 0.6) is 0 Å². The number of hydrogen-bond acceptors (Lipinski definition) is 3. The zero-order valence-electron chi connectivity index (χ0n) is 10.2. The molecule has 0 aliphatic heterocycles. The molecule has 1 saturated carbocycles. The molecule has 0 spiro atoms. The zero-order valence-corrected chi connectivity index (χ0v) is 10.2. The van der Waals surface area contributed by atoms with Crippen LogP contribution in [0.25, 0.3) is 0 Å². The number of ether oxygens (including phenoxy) is 1. The van der Waals surface area contributed by atoms with Crippen molar-refractivity contribution in [2.75, 3.05) is 0 Å². The molecule has 0 bridgehead atoms. The predicted molar refractivity (Wildman–Crippen MR) is 62.1 cm³/mol. The zero-order chi connectivity index (χ0) is 11.8. The van der Waals surface area contributed by atoms with Gasteiger partial charge in [0.15, 0.2) is 0 Å². The third kappa shape index (κ3) is 5.29. The molecule has 0 N–H and O–H groups in total. The molecule has 0 aromatic heterocycles. The van der Waals surface area contributed by atoms with Crippen LogP contribution in [-0.4, -0.2) is 17.9 Å².